The van der Waals surface area contributed by atoms with Crippen LogP contribution in [0.15, 0.2) is 18.2 Å². The highest BCUT2D eigenvalue weighted by molar-refractivity contribution is 5.93. The molecule has 1 aromatic carbocycles. The Morgan fingerprint density at radius 2 is 1.81 bits per heavy atom. The van der Waals surface area contributed by atoms with Gasteiger partial charge in [0.1, 0.15) is 0 Å². The van der Waals surface area contributed by atoms with E-state index < -0.39 is 0 Å². The van der Waals surface area contributed by atoms with Gasteiger partial charge in [0.15, 0.2) is 0 Å². The third-order valence-electron chi connectivity index (χ3n) is 2.07. The van der Waals surface area contributed by atoms with Gasteiger partial charge in [-0.3, -0.25) is 9.63 Å². The molecule has 1 N–H and O–H groups in total. The van der Waals surface area contributed by atoms with E-state index in [1.807, 2.05) is 45.9 Å². The molecule has 0 saturated carbocycles. The lowest BCUT2D eigenvalue weighted by atomic mass is 10.1. The molecule has 0 unspecified atom stereocenters. The second kappa shape index (κ2) is 5.66. The van der Waals surface area contributed by atoms with Crippen molar-refractivity contribution >= 4 is 5.91 Å². The zero-order chi connectivity index (χ0) is 12.1. The van der Waals surface area contributed by atoms with Crippen LogP contribution in [0.5, 0.6) is 0 Å². The molecule has 1 aromatic rings. The Morgan fingerprint density at radius 1 is 1.25 bits per heavy atom. The van der Waals surface area contributed by atoms with E-state index in [4.69, 9.17) is 4.84 Å². The molecule has 0 aliphatic carbocycles. The second-order valence-electron chi connectivity index (χ2n) is 4.51. The van der Waals surface area contributed by atoms with Gasteiger partial charge in [0, 0.05) is 5.56 Å². The maximum Gasteiger partial charge on any atom is 0.274 e. The van der Waals surface area contributed by atoms with Crippen molar-refractivity contribution in [3.63, 3.8) is 0 Å². The van der Waals surface area contributed by atoms with E-state index in [1.54, 1.807) is 0 Å². The summed E-state index contributed by atoms with van der Waals surface area (Å²) < 4.78 is 0. The van der Waals surface area contributed by atoms with Crippen LogP contribution in [0, 0.1) is 19.8 Å². The van der Waals surface area contributed by atoms with Gasteiger partial charge in [-0.15, -0.1) is 0 Å². The Balaban J connectivity index is 2.59. The van der Waals surface area contributed by atoms with Gasteiger partial charge >= 0.3 is 0 Å². The van der Waals surface area contributed by atoms with E-state index in [-0.39, 0.29) is 5.91 Å². The van der Waals surface area contributed by atoms with Crippen molar-refractivity contribution in [2.45, 2.75) is 27.7 Å². The lowest BCUT2D eigenvalue weighted by Crippen LogP contribution is -2.25. The van der Waals surface area contributed by atoms with Crippen LogP contribution >= 0.6 is 0 Å². The minimum atomic E-state index is -0.188. The maximum atomic E-state index is 11.7. The number of carbonyl (C=O) groups excluding carboxylic acids is 1. The van der Waals surface area contributed by atoms with Gasteiger partial charge in [-0.25, -0.2) is 5.48 Å². The first-order valence-electron chi connectivity index (χ1n) is 5.49. The van der Waals surface area contributed by atoms with E-state index in [9.17, 15) is 4.79 Å². The van der Waals surface area contributed by atoms with Crippen LogP contribution in [0.25, 0.3) is 0 Å². The fraction of sp³-hybridized carbons (Fsp3) is 0.462. The van der Waals surface area contributed by atoms with E-state index in [0.717, 1.165) is 11.1 Å². The molecular formula is C13H19NO2. The molecule has 0 atom stereocenters. The van der Waals surface area contributed by atoms with E-state index in [1.165, 1.54) is 0 Å². The normalized spacial score (nSPS) is 10.6. The van der Waals surface area contributed by atoms with Gasteiger partial charge in [0.05, 0.1) is 6.61 Å². The second-order valence-corrected chi connectivity index (χ2v) is 4.51. The Hall–Kier alpha value is -1.35. The van der Waals surface area contributed by atoms with Crippen LogP contribution in [0.3, 0.4) is 0 Å². The molecule has 0 aliphatic heterocycles. The minimum Gasteiger partial charge on any atom is -0.273 e. The summed E-state index contributed by atoms with van der Waals surface area (Å²) in [6.45, 7) is 8.53. The average Bonchev–Trinajstić information content (AvgIpc) is 2.15. The molecule has 0 fully saturated rings. The van der Waals surface area contributed by atoms with Crippen molar-refractivity contribution in [1.82, 2.24) is 5.48 Å². The summed E-state index contributed by atoms with van der Waals surface area (Å²) >= 11 is 0. The van der Waals surface area contributed by atoms with Crippen LogP contribution in [-0.2, 0) is 4.84 Å². The predicted octanol–water partition coefficient (Wildman–Crippen LogP) is 2.62. The number of nitrogens with one attached hydrogen (secondary N) is 1. The minimum absolute atomic E-state index is 0.188. The van der Waals surface area contributed by atoms with Crippen molar-refractivity contribution in [3.05, 3.63) is 34.9 Å². The van der Waals surface area contributed by atoms with Crippen molar-refractivity contribution in [2.75, 3.05) is 6.61 Å². The highest BCUT2D eigenvalue weighted by Crippen LogP contribution is 2.08. The van der Waals surface area contributed by atoms with Gasteiger partial charge in [0.25, 0.3) is 5.91 Å². The number of hydrogen-bond acceptors (Lipinski definition) is 2. The molecule has 3 heteroatoms. The molecule has 0 bridgehead atoms. The first-order valence-corrected chi connectivity index (χ1v) is 5.49. The SMILES string of the molecule is Cc1cc(C)cc(C(=O)NOCC(C)C)c1. The summed E-state index contributed by atoms with van der Waals surface area (Å²) in [4.78, 5) is 16.8. The van der Waals surface area contributed by atoms with Crippen LogP contribution in [0.1, 0.15) is 35.3 Å². The van der Waals surface area contributed by atoms with Crippen LogP contribution in [0.4, 0.5) is 0 Å². The fourth-order valence-electron chi connectivity index (χ4n) is 1.44. The summed E-state index contributed by atoms with van der Waals surface area (Å²) in [5.41, 5.74) is 5.24. The summed E-state index contributed by atoms with van der Waals surface area (Å²) in [7, 11) is 0. The van der Waals surface area contributed by atoms with Gasteiger partial charge in [-0.05, 0) is 31.9 Å². The standard InChI is InChI=1S/C13H19NO2/c1-9(2)8-16-14-13(15)12-6-10(3)5-11(4)7-12/h5-7,9H,8H2,1-4H3,(H,14,15). The number of hydrogen-bond donors (Lipinski definition) is 1. The van der Waals surface area contributed by atoms with Gasteiger partial charge in [0.2, 0.25) is 0 Å². The molecule has 88 valence electrons. The molecular weight excluding hydrogens is 202 g/mol. The Bertz CT molecular complexity index is 352. The first kappa shape index (κ1) is 12.7. The maximum absolute atomic E-state index is 11.7. The molecule has 1 rings (SSSR count). The third-order valence-corrected chi connectivity index (χ3v) is 2.07. The first-order chi connectivity index (χ1) is 7.49. The summed E-state index contributed by atoms with van der Waals surface area (Å²) in [5.74, 6) is 0.215. The van der Waals surface area contributed by atoms with Crippen LogP contribution in [-0.4, -0.2) is 12.5 Å². The number of aryl methyl sites for hydroxylation is 2. The smallest absolute Gasteiger partial charge is 0.273 e. The number of hydroxylamine groups is 1. The van der Waals surface area contributed by atoms with Gasteiger partial charge in [-0.2, -0.15) is 0 Å². The van der Waals surface area contributed by atoms with Crippen LogP contribution in [0.2, 0.25) is 0 Å². The largest absolute Gasteiger partial charge is 0.274 e. The molecule has 0 spiro atoms. The van der Waals surface area contributed by atoms with Gasteiger partial charge < -0.3 is 0 Å². The quantitative estimate of drug-likeness (QED) is 0.794. The zero-order valence-electron chi connectivity index (χ0n) is 10.3. The lowest BCUT2D eigenvalue weighted by molar-refractivity contribution is 0.0208. The number of benzene rings is 1. The molecule has 0 heterocycles. The zero-order valence-corrected chi connectivity index (χ0v) is 10.3. The third kappa shape index (κ3) is 4.03. The summed E-state index contributed by atoms with van der Waals surface area (Å²) in [6, 6.07) is 5.73. The molecule has 3 nitrogen and oxygen atoms in total. The topological polar surface area (TPSA) is 38.3 Å². The molecule has 0 radical (unpaired) electrons. The van der Waals surface area contributed by atoms with E-state index in [2.05, 4.69) is 5.48 Å². The molecule has 1 amide bonds. The molecule has 0 saturated heterocycles. The van der Waals surface area contributed by atoms with Crippen molar-refractivity contribution in [2.24, 2.45) is 5.92 Å². The molecule has 0 aromatic heterocycles. The fourth-order valence-corrected chi connectivity index (χ4v) is 1.44. The number of amides is 1. The van der Waals surface area contributed by atoms with Gasteiger partial charge in [-0.1, -0.05) is 31.0 Å². The molecule has 16 heavy (non-hydrogen) atoms. The summed E-state index contributed by atoms with van der Waals surface area (Å²) in [5, 5.41) is 0. The average molecular weight is 221 g/mol. The lowest BCUT2D eigenvalue weighted by Gasteiger charge is -2.08. The van der Waals surface area contributed by atoms with Crippen molar-refractivity contribution in [1.29, 1.82) is 0 Å². The van der Waals surface area contributed by atoms with Crippen molar-refractivity contribution < 1.29 is 9.63 Å². The number of carbonyl (C=O) groups is 1. The molecule has 0 aliphatic rings. The van der Waals surface area contributed by atoms with E-state index in [0.29, 0.717) is 18.1 Å². The predicted molar refractivity (Wildman–Crippen MR) is 64.2 cm³/mol. The van der Waals surface area contributed by atoms with E-state index >= 15 is 0 Å². The monoisotopic (exact) mass is 221 g/mol. The Kier molecular flexibility index (Phi) is 4.50. The Morgan fingerprint density at radius 3 is 2.31 bits per heavy atom. The Labute approximate surface area is 96.8 Å². The highest BCUT2D eigenvalue weighted by Gasteiger charge is 2.06. The highest BCUT2D eigenvalue weighted by atomic mass is 16.6. The summed E-state index contributed by atoms with van der Waals surface area (Å²) in [6.07, 6.45) is 0. The number of rotatable bonds is 4. The van der Waals surface area contributed by atoms with Crippen LogP contribution < -0.4 is 5.48 Å². The van der Waals surface area contributed by atoms with Crippen molar-refractivity contribution in [3.8, 4) is 0 Å².